The van der Waals surface area contributed by atoms with E-state index >= 15 is 0 Å². The molecule has 0 aromatic heterocycles. The molecule has 0 bridgehead atoms. The van der Waals surface area contributed by atoms with Gasteiger partial charge in [-0.3, -0.25) is 0 Å². The van der Waals surface area contributed by atoms with Gasteiger partial charge in [-0.15, -0.1) is 0 Å². The number of hydrogen-bond donors (Lipinski definition) is 2. The number of β-amino-alcohol motifs (C(OH)–C–C–N with tert-alkyl or cyclic N) is 1. The first-order chi connectivity index (χ1) is 9.04. The minimum atomic E-state index is -0.249. The SMILES string of the molecule is CC1CCN(CC(O)CN2CCC(C(C)O)C2)CC1. The van der Waals surface area contributed by atoms with E-state index < -0.39 is 0 Å². The summed E-state index contributed by atoms with van der Waals surface area (Å²) in [5.74, 6) is 1.24. The van der Waals surface area contributed by atoms with E-state index in [1.165, 1.54) is 12.8 Å². The summed E-state index contributed by atoms with van der Waals surface area (Å²) in [4.78, 5) is 4.70. The predicted octanol–water partition coefficient (Wildman–Crippen LogP) is 0.782. The Bertz CT molecular complexity index is 265. The molecule has 4 nitrogen and oxygen atoms in total. The molecule has 0 aromatic carbocycles. The van der Waals surface area contributed by atoms with Gasteiger partial charge in [0.1, 0.15) is 0 Å². The number of nitrogens with zero attached hydrogens (tertiary/aromatic N) is 2. The maximum absolute atomic E-state index is 10.2. The fourth-order valence-electron chi connectivity index (χ4n) is 3.32. The molecule has 0 aromatic rings. The van der Waals surface area contributed by atoms with Crippen LogP contribution in [0.4, 0.5) is 0 Å². The minimum Gasteiger partial charge on any atom is -0.393 e. The minimum absolute atomic E-state index is 0.217. The summed E-state index contributed by atoms with van der Waals surface area (Å²) in [5, 5.41) is 19.8. The molecule has 2 saturated heterocycles. The molecule has 3 atom stereocenters. The highest BCUT2D eigenvalue weighted by Gasteiger charge is 2.27. The highest BCUT2D eigenvalue weighted by atomic mass is 16.3. The van der Waals surface area contributed by atoms with Gasteiger partial charge >= 0.3 is 0 Å². The van der Waals surface area contributed by atoms with Crippen LogP contribution in [-0.4, -0.2) is 71.5 Å². The number of likely N-dealkylation sites (tertiary alicyclic amines) is 2. The first-order valence-corrected chi connectivity index (χ1v) is 7.85. The number of piperidine rings is 1. The average molecular weight is 270 g/mol. The smallest absolute Gasteiger partial charge is 0.0793 e. The van der Waals surface area contributed by atoms with Gasteiger partial charge in [0.15, 0.2) is 0 Å². The highest BCUT2D eigenvalue weighted by Crippen LogP contribution is 2.20. The van der Waals surface area contributed by atoms with E-state index in [-0.39, 0.29) is 12.2 Å². The van der Waals surface area contributed by atoms with E-state index in [0.29, 0.717) is 5.92 Å². The maximum atomic E-state index is 10.2. The lowest BCUT2D eigenvalue weighted by Gasteiger charge is -2.32. The lowest BCUT2D eigenvalue weighted by molar-refractivity contribution is 0.0628. The molecular formula is C15H30N2O2. The Morgan fingerprint density at radius 3 is 2.16 bits per heavy atom. The quantitative estimate of drug-likeness (QED) is 0.775. The molecular weight excluding hydrogens is 240 g/mol. The van der Waals surface area contributed by atoms with Crippen molar-refractivity contribution < 1.29 is 10.2 Å². The van der Waals surface area contributed by atoms with Gasteiger partial charge in [0, 0.05) is 19.6 Å². The van der Waals surface area contributed by atoms with Crippen molar-refractivity contribution in [3.63, 3.8) is 0 Å². The standard InChI is InChI=1S/C15H30N2O2/c1-12-3-6-16(7-4-12)10-15(19)11-17-8-5-14(9-17)13(2)18/h12-15,18-19H,3-11H2,1-2H3. The van der Waals surface area contributed by atoms with Gasteiger partial charge in [-0.1, -0.05) is 6.92 Å². The van der Waals surface area contributed by atoms with Gasteiger partial charge in [0.05, 0.1) is 12.2 Å². The lowest BCUT2D eigenvalue weighted by Crippen LogP contribution is -2.42. The van der Waals surface area contributed by atoms with Crippen LogP contribution in [0.15, 0.2) is 0 Å². The maximum Gasteiger partial charge on any atom is 0.0793 e. The van der Waals surface area contributed by atoms with Crippen molar-refractivity contribution in [3.05, 3.63) is 0 Å². The van der Waals surface area contributed by atoms with Crippen molar-refractivity contribution in [1.82, 2.24) is 9.80 Å². The van der Waals surface area contributed by atoms with Gasteiger partial charge in [0.2, 0.25) is 0 Å². The molecule has 0 amide bonds. The summed E-state index contributed by atoms with van der Waals surface area (Å²) in [7, 11) is 0. The van der Waals surface area contributed by atoms with Crippen LogP contribution in [0.3, 0.4) is 0 Å². The molecule has 19 heavy (non-hydrogen) atoms. The Balaban J connectivity index is 1.66. The molecule has 2 rings (SSSR count). The number of hydrogen-bond acceptors (Lipinski definition) is 4. The number of aliphatic hydroxyl groups is 2. The van der Waals surface area contributed by atoms with Crippen LogP contribution in [0, 0.1) is 11.8 Å². The molecule has 0 radical (unpaired) electrons. The van der Waals surface area contributed by atoms with Gasteiger partial charge in [-0.25, -0.2) is 0 Å². The van der Waals surface area contributed by atoms with Crippen LogP contribution < -0.4 is 0 Å². The Morgan fingerprint density at radius 1 is 1.00 bits per heavy atom. The lowest BCUT2D eigenvalue weighted by atomic mass is 9.99. The average Bonchev–Trinajstić information content (AvgIpc) is 2.80. The monoisotopic (exact) mass is 270 g/mol. The van der Waals surface area contributed by atoms with Gasteiger partial charge in [-0.05, 0) is 57.7 Å². The molecule has 0 aliphatic carbocycles. The first-order valence-electron chi connectivity index (χ1n) is 7.85. The second-order valence-corrected chi connectivity index (χ2v) is 6.69. The van der Waals surface area contributed by atoms with Crippen molar-refractivity contribution in [2.75, 3.05) is 39.3 Å². The molecule has 2 aliphatic heterocycles. The first kappa shape index (κ1) is 15.2. The van der Waals surface area contributed by atoms with Crippen molar-refractivity contribution in [2.45, 2.75) is 45.3 Å². The Labute approximate surface area is 117 Å². The summed E-state index contributed by atoms with van der Waals surface area (Å²) >= 11 is 0. The molecule has 2 N–H and O–H groups in total. The van der Waals surface area contributed by atoms with E-state index in [1.54, 1.807) is 0 Å². The Hall–Kier alpha value is -0.160. The second-order valence-electron chi connectivity index (χ2n) is 6.69. The van der Waals surface area contributed by atoms with Gasteiger partial charge in [-0.2, -0.15) is 0 Å². The molecule has 0 saturated carbocycles. The summed E-state index contributed by atoms with van der Waals surface area (Å²) in [6.07, 6.45) is 3.12. The Morgan fingerprint density at radius 2 is 1.58 bits per heavy atom. The van der Waals surface area contributed by atoms with Crippen LogP contribution in [0.25, 0.3) is 0 Å². The van der Waals surface area contributed by atoms with E-state index in [2.05, 4.69) is 16.7 Å². The fourth-order valence-corrected chi connectivity index (χ4v) is 3.32. The van der Waals surface area contributed by atoms with E-state index in [9.17, 15) is 10.2 Å². The summed E-state index contributed by atoms with van der Waals surface area (Å²) in [6, 6.07) is 0. The molecule has 3 unspecified atom stereocenters. The molecule has 2 aliphatic rings. The normalized spacial score (nSPS) is 30.6. The molecule has 2 heterocycles. The highest BCUT2D eigenvalue weighted by molar-refractivity contribution is 4.81. The third-order valence-corrected chi connectivity index (χ3v) is 4.81. The van der Waals surface area contributed by atoms with Gasteiger partial charge in [0.25, 0.3) is 0 Å². The summed E-state index contributed by atoms with van der Waals surface area (Å²) in [6.45, 7) is 9.98. The van der Waals surface area contributed by atoms with Crippen LogP contribution >= 0.6 is 0 Å². The zero-order valence-electron chi connectivity index (χ0n) is 12.5. The van der Waals surface area contributed by atoms with Crippen LogP contribution in [0.1, 0.15) is 33.1 Å². The van der Waals surface area contributed by atoms with E-state index in [1.807, 2.05) is 6.92 Å². The van der Waals surface area contributed by atoms with Crippen molar-refractivity contribution >= 4 is 0 Å². The fraction of sp³-hybridized carbons (Fsp3) is 1.00. The summed E-state index contributed by atoms with van der Waals surface area (Å²) in [5.41, 5.74) is 0. The third-order valence-electron chi connectivity index (χ3n) is 4.81. The van der Waals surface area contributed by atoms with Crippen molar-refractivity contribution in [1.29, 1.82) is 0 Å². The summed E-state index contributed by atoms with van der Waals surface area (Å²) < 4.78 is 0. The largest absolute Gasteiger partial charge is 0.393 e. The predicted molar refractivity (Wildman–Crippen MR) is 77.1 cm³/mol. The molecule has 0 spiro atoms. The number of aliphatic hydroxyl groups excluding tert-OH is 2. The van der Waals surface area contributed by atoms with Crippen LogP contribution in [-0.2, 0) is 0 Å². The zero-order valence-corrected chi connectivity index (χ0v) is 12.5. The van der Waals surface area contributed by atoms with Crippen LogP contribution in [0.5, 0.6) is 0 Å². The van der Waals surface area contributed by atoms with Gasteiger partial charge < -0.3 is 20.0 Å². The topological polar surface area (TPSA) is 46.9 Å². The van der Waals surface area contributed by atoms with E-state index in [4.69, 9.17) is 0 Å². The van der Waals surface area contributed by atoms with Crippen molar-refractivity contribution in [3.8, 4) is 0 Å². The second kappa shape index (κ2) is 7.02. The number of rotatable bonds is 5. The molecule has 4 heteroatoms. The Kier molecular flexibility index (Phi) is 5.63. The molecule has 2 fully saturated rings. The third kappa shape index (κ3) is 4.71. The van der Waals surface area contributed by atoms with Crippen molar-refractivity contribution in [2.24, 2.45) is 11.8 Å². The van der Waals surface area contributed by atoms with Crippen LogP contribution in [0.2, 0.25) is 0 Å². The van der Waals surface area contributed by atoms with E-state index in [0.717, 1.165) is 51.6 Å². The molecule has 112 valence electrons. The zero-order chi connectivity index (χ0) is 13.8.